The molecule has 2 saturated heterocycles. The Hall–Kier alpha value is -1.26. The van der Waals surface area contributed by atoms with Crippen molar-refractivity contribution in [1.29, 1.82) is 0 Å². The number of carbonyl (C=O) groups is 2. The van der Waals surface area contributed by atoms with Crippen molar-refractivity contribution in [3.05, 3.63) is 0 Å². The summed E-state index contributed by atoms with van der Waals surface area (Å²) in [6.07, 6.45) is 23.7. The Kier molecular flexibility index (Phi) is 15.6. The average molecular weight is 521 g/mol. The van der Waals surface area contributed by atoms with E-state index in [1.165, 1.54) is 96.3 Å². The number of ether oxygens (including phenoxy) is 1. The first-order valence-electron chi connectivity index (χ1n) is 16.0. The van der Waals surface area contributed by atoms with E-state index in [-0.39, 0.29) is 6.09 Å². The van der Waals surface area contributed by atoms with Gasteiger partial charge in [-0.15, -0.1) is 0 Å². The van der Waals surface area contributed by atoms with Crippen LogP contribution in [-0.2, 0) is 9.53 Å². The number of carbonyl (C=O) groups excluding carboxylic acids is 2. The van der Waals surface area contributed by atoms with E-state index in [2.05, 4.69) is 11.8 Å². The van der Waals surface area contributed by atoms with Crippen molar-refractivity contribution in [3.8, 4) is 0 Å². The second kappa shape index (κ2) is 18.1. The van der Waals surface area contributed by atoms with Crippen molar-refractivity contribution in [2.24, 2.45) is 11.8 Å². The van der Waals surface area contributed by atoms with Crippen LogP contribution in [0.5, 0.6) is 0 Å². The molecule has 0 bridgehead atoms. The van der Waals surface area contributed by atoms with E-state index in [0.29, 0.717) is 5.91 Å². The van der Waals surface area contributed by atoms with Gasteiger partial charge in [0.25, 0.3) is 0 Å². The van der Waals surface area contributed by atoms with Gasteiger partial charge in [-0.1, -0.05) is 90.4 Å². The summed E-state index contributed by atoms with van der Waals surface area (Å²) < 4.78 is 5.52. The molecule has 0 unspecified atom stereocenters. The van der Waals surface area contributed by atoms with Crippen LogP contribution in [-0.4, -0.2) is 53.6 Å². The number of hydrogen-bond donors (Lipinski definition) is 0. The molecule has 2 amide bonds. The van der Waals surface area contributed by atoms with Gasteiger partial charge in [0.15, 0.2) is 0 Å². The highest BCUT2D eigenvalue weighted by Crippen LogP contribution is 2.29. The molecule has 0 aromatic rings. The molecule has 37 heavy (non-hydrogen) atoms. The zero-order valence-corrected chi connectivity index (χ0v) is 25.0. The molecule has 0 saturated carbocycles. The van der Waals surface area contributed by atoms with Crippen LogP contribution >= 0.6 is 0 Å². The molecule has 0 spiro atoms. The van der Waals surface area contributed by atoms with Crippen LogP contribution in [0.1, 0.15) is 150 Å². The minimum absolute atomic E-state index is 0.161. The minimum Gasteiger partial charge on any atom is -0.444 e. The minimum atomic E-state index is -0.420. The van der Waals surface area contributed by atoms with Gasteiger partial charge >= 0.3 is 6.09 Å². The Morgan fingerprint density at radius 1 is 0.649 bits per heavy atom. The van der Waals surface area contributed by atoms with E-state index in [0.717, 1.165) is 63.7 Å². The van der Waals surface area contributed by atoms with Gasteiger partial charge in [-0.2, -0.15) is 0 Å². The first-order chi connectivity index (χ1) is 17.8. The highest BCUT2D eigenvalue weighted by atomic mass is 16.6. The van der Waals surface area contributed by atoms with Crippen molar-refractivity contribution < 1.29 is 14.3 Å². The molecule has 0 atom stereocenters. The van der Waals surface area contributed by atoms with Crippen LogP contribution in [0, 0.1) is 11.8 Å². The van der Waals surface area contributed by atoms with E-state index in [1.807, 2.05) is 25.7 Å². The van der Waals surface area contributed by atoms with Crippen LogP contribution in [0.4, 0.5) is 4.79 Å². The molecule has 2 heterocycles. The number of rotatable bonds is 16. The first kappa shape index (κ1) is 32.0. The van der Waals surface area contributed by atoms with Crippen molar-refractivity contribution in [3.63, 3.8) is 0 Å². The smallest absolute Gasteiger partial charge is 0.410 e. The number of hydrogen-bond acceptors (Lipinski definition) is 3. The molecule has 0 aliphatic carbocycles. The second-order valence-electron chi connectivity index (χ2n) is 13.0. The monoisotopic (exact) mass is 520 g/mol. The Bertz CT molecular complexity index is 614. The number of amides is 2. The first-order valence-corrected chi connectivity index (χ1v) is 16.0. The summed E-state index contributed by atoms with van der Waals surface area (Å²) in [4.78, 5) is 28.9. The van der Waals surface area contributed by atoms with E-state index in [1.54, 1.807) is 0 Å². The fourth-order valence-corrected chi connectivity index (χ4v) is 5.95. The fraction of sp³-hybridized carbons (Fsp3) is 0.938. The lowest BCUT2D eigenvalue weighted by molar-refractivity contribution is -0.132. The normalized spacial score (nSPS) is 17.8. The quantitative estimate of drug-likeness (QED) is 0.191. The number of nitrogens with zero attached hydrogens (tertiary/aromatic N) is 2. The maximum atomic E-state index is 12.6. The summed E-state index contributed by atoms with van der Waals surface area (Å²) in [5.74, 6) is 1.88. The van der Waals surface area contributed by atoms with Gasteiger partial charge in [-0.25, -0.2) is 4.79 Å². The zero-order chi connectivity index (χ0) is 26.9. The van der Waals surface area contributed by atoms with Crippen molar-refractivity contribution in [1.82, 2.24) is 9.80 Å². The summed E-state index contributed by atoms with van der Waals surface area (Å²) in [6, 6.07) is 0. The summed E-state index contributed by atoms with van der Waals surface area (Å²) in [6.45, 7) is 11.6. The second-order valence-corrected chi connectivity index (χ2v) is 13.0. The van der Waals surface area contributed by atoms with Crippen LogP contribution in [0.2, 0.25) is 0 Å². The Morgan fingerprint density at radius 2 is 1.05 bits per heavy atom. The Morgan fingerprint density at radius 3 is 1.49 bits per heavy atom. The van der Waals surface area contributed by atoms with Crippen LogP contribution in [0.25, 0.3) is 0 Å². The van der Waals surface area contributed by atoms with Crippen molar-refractivity contribution in [2.75, 3.05) is 26.2 Å². The standard InChI is InChI=1S/C32H60N2O3/c1-5-6-7-8-9-10-11-12-13-14-15-16-17-30(35)33-24-20-28(21-25-33)18-19-29-22-26-34(27-23-29)31(36)37-32(2,3)4/h28-29H,5-27H2,1-4H3. The number of unbranched alkanes of at least 4 members (excludes halogenated alkanes) is 11. The highest BCUT2D eigenvalue weighted by Gasteiger charge is 2.28. The summed E-state index contributed by atoms with van der Waals surface area (Å²) in [5, 5.41) is 0. The van der Waals surface area contributed by atoms with Gasteiger partial charge in [-0.05, 0) is 64.7 Å². The van der Waals surface area contributed by atoms with E-state index in [4.69, 9.17) is 4.74 Å². The van der Waals surface area contributed by atoms with E-state index in [9.17, 15) is 9.59 Å². The molecule has 2 aliphatic rings. The van der Waals surface area contributed by atoms with E-state index >= 15 is 0 Å². The lowest BCUT2D eigenvalue weighted by Gasteiger charge is -2.35. The molecule has 5 nitrogen and oxygen atoms in total. The van der Waals surface area contributed by atoms with Crippen molar-refractivity contribution >= 4 is 12.0 Å². The molecule has 216 valence electrons. The molecule has 0 aromatic heterocycles. The zero-order valence-electron chi connectivity index (χ0n) is 25.0. The SMILES string of the molecule is CCCCCCCCCCCCCCC(=O)N1CCC(CCC2CCN(C(=O)OC(C)(C)C)CC2)CC1. The number of piperidine rings is 2. The lowest BCUT2D eigenvalue weighted by Crippen LogP contribution is -2.42. The van der Waals surface area contributed by atoms with Crippen LogP contribution in [0.15, 0.2) is 0 Å². The topological polar surface area (TPSA) is 49.9 Å². The third-order valence-electron chi connectivity index (χ3n) is 8.46. The molecule has 0 radical (unpaired) electrons. The summed E-state index contributed by atoms with van der Waals surface area (Å²) >= 11 is 0. The molecule has 2 aliphatic heterocycles. The Balaban J connectivity index is 1.44. The molecule has 2 fully saturated rings. The molecular formula is C32H60N2O3. The largest absolute Gasteiger partial charge is 0.444 e. The third-order valence-corrected chi connectivity index (χ3v) is 8.46. The third kappa shape index (κ3) is 14.5. The Labute approximate surface area is 229 Å². The highest BCUT2D eigenvalue weighted by molar-refractivity contribution is 5.76. The molecule has 0 N–H and O–H groups in total. The maximum absolute atomic E-state index is 12.6. The summed E-state index contributed by atoms with van der Waals surface area (Å²) in [5.41, 5.74) is -0.420. The van der Waals surface area contributed by atoms with Gasteiger partial charge < -0.3 is 14.5 Å². The van der Waals surface area contributed by atoms with Gasteiger partial charge in [0, 0.05) is 32.6 Å². The molecular weight excluding hydrogens is 460 g/mol. The average Bonchev–Trinajstić information content (AvgIpc) is 2.87. The van der Waals surface area contributed by atoms with Gasteiger partial charge in [0.05, 0.1) is 0 Å². The van der Waals surface area contributed by atoms with Gasteiger partial charge in [0.2, 0.25) is 5.91 Å². The van der Waals surface area contributed by atoms with E-state index < -0.39 is 5.60 Å². The lowest BCUT2D eigenvalue weighted by atomic mass is 9.85. The van der Waals surface area contributed by atoms with Gasteiger partial charge in [-0.3, -0.25) is 4.79 Å². The number of likely N-dealkylation sites (tertiary alicyclic amines) is 2. The van der Waals surface area contributed by atoms with Crippen LogP contribution in [0.3, 0.4) is 0 Å². The van der Waals surface area contributed by atoms with Gasteiger partial charge in [0.1, 0.15) is 5.60 Å². The maximum Gasteiger partial charge on any atom is 0.410 e. The molecule has 2 rings (SSSR count). The summed E-state index contributed by atoms with van der Waals surface area (Å²) in [7, 11) is 0. The molecule has 0 aromatic carbocycles. The van der Waals surface area contributed by atoms with Crippen molar-refractivity contribution in [2.45, 2.75) is 155 Å². The predicted octanol–water partition coefficient (Wildman–Crippen LogP) is 8.74. The fourth-order valence-electron chi connectivity index (χ4n) is 5.95. The van der Waals surface area contributed by atoms with Crippen LogP contribution < -0.4 is 0 Å². The molecule has 5 heteroatoms. The predicted molar refractivity (Wildman–Crippen MR) is 155 cm³/mol.